The molecule has 2 aliphatic rings. The van der Waals surface area contributed by atoms with Crippen LogP contribution < -0.4 is 19.7 Å². The SMILES string of the molecule is CCOc1ccc(C=C2Sc3ccc(C(=O)NC4CCCCC4C)cc3N(C)C2=O)cc1OC. The van der Waals surface area contributed by atoms with Gasteiger partial charge < -0.3 is 19.7 Å². The number of amides is 2. The van der Waals surface area contributed by atoms with Gasteiger partial charge in [0.1, 0.15) is 0 Å². The molecule has 6 nitrogen and oxygen atoms in total. The number of carbonyl (C=O) groups excluding carboxylic acids is 2. The molecule has 0 saturated heterocycles. The van der Waals surface area contributed by atoms with Crippen molar-refractivity contribution in [2.45, 2.75) is 50.5 Å². The molecule has 2 unspecified atom stereocenters. The van der Waals surface area contributed by atoms with E-state index in [1.165, 1.54) is 18.2 Å². The Morgan fingerprint density at radius 3 is 2.71 bits per heavy atom. The average Bonchev–Trinajstić information content (AvgIpc) is 2.84. The van der Waals surface area contributed by atoms with Gasteiger partial charge in [0.05, 0.1) is 24.3 Å². The first-order valence-corrected chi connectivity index (χ1v) is 12.7. The third-order valence-electron chi connectivity index (χ3n) is 6.53. The van der Waals surface area contributed by atoms with E-state index in [1.54, 1.807) is 19.1 Å². The van der Waals surface area contributed by atoms with Crippen LogP contribution in [0.4, 0.5) is 5.69 Å². The maximum absolute atomic E-state index is 13.1. The zero-order valence-corrected chi connectivity index (χ0v) is 21.0. The van der Waals surface area contributed by atoms with Crippen molar-refractivity contribution >= 4 is 35.3 Å². The third kappa shape index (κ3) is 5.09. The molecule has 2 aromatic rings. The van der Waals surface area contributed by atoms with E-state index in [9.17, 15) is 9.59 Å². The van der Waals surface area contributed by atoms with Crippen molar-refractivity contribution in [3.05, 3.63) is 52.4 Å². The Hall–Kier alpha value is -2.93. The molecule has 1 heterocycles. The third-order valence-corrected chi connectivity index (χ3v) is 7.61. The Balaban J connectivity index is 1.55. The fraction of sp³-hybridized carbons (Fsp3) is 0.407. The van der Waals surface area contributed by atoms with Gasteiger partial charge in [-0.05, 0) is 67.7 Å². The first-order chi connectivity index (χ1) is 16.4. The Kier molecular flexibility index (Phi) is 7.51. The number of nitrogens with zero attached hydrogens (tertiary/aromatic N) is 1. The van der Waals surface area contributed by atoms with Crippen LogP contribution in [0.1, 0.15) is 55.5 Å². The van der Waals surface area contributed by atoms with Crippen LogP contribution in [0.25, 0.3) is 6.08 Å². The summed E-state index contributed by atoms with van der Waals surface area (Å²) in [5, 5.41) is 3.20. The van der Waals surface area contributed by atoms with Crippen LogP contribution in [0.3, 0.4) is 0 Å². The molecule has 1 aliphatic carbocycles. The van der Waals surface area contributed by atoms with Crippen molar-refractivity contribution in [3.63, 3.8) is 0 Å². The highest BCUT2D eigenvalue weighted by molar-refractivity contribution is 8.04. The highest BCUT2D eigenvalue weighted by atomic mass is 32.2. The molecule has 180 valence electrons. The predicted molar refractivity (Wildman–Crippen MR) is 137 cm³/mol. The summed E-state index contributed by atoms with van der Waals surface area (Å²) < 4.78 is 11.0. The zero-order chi connectivity index (χ0) is 24.2. The van der Waals surface area contributed by atoms with Crippen molar-refractivity contribution in [1.82, 2.24) is 5.32 Å². The number of hydrogen-bond donors (Lipinski definition) is 1. The lowest BCUT2D eigenvalue weighted by atomic mass is 9.86. The number of benzene rings is 2. The lowest BCUT2D eigenvalue weighted by molar-refractivity contribution is -0.114. The minimum Gasteiger partial charge on any atom is -0.493 e. The number of thioether (sulfide) groups is 1. The number of ether oxygens (including phenoxy) is 2. The van der Waals surface area contributed by atoms with Crippen LogP contribution in [0.15, 0.2) is 46.2 Å². The Morgan fingerprint density at radius 2 is 1.97 bits per heavy atom. The van der Waals surface area contributed by atoms with E-state index in [0.717, 1.165) is 35.4 Å². The predicted octanol–water partition coefficient (Wildman–Crippen LogP) is 5.51. The molecule has 0 aromatic heterocycles. The van der Waals surface area contributed by atoms with Crippen molar-refractivity contribution in [2.75, 3.05) is 25.7 Å². The van der Waals surface area contributed by atoms with Gasteiger partial charge in [-0.1, -0.05) is 37.6 Å². The van der Waals surface area contributed by atoms with Crippen LogP contribution in [0, 0.1) is 5.92 Å². The van der Waals surface area contributed by atoms with Gasteiger partial charge >= 0.3 is 0 Å². The summed E-state index contributed by atoms with van der Waals surface area (Å²) >= 11 is 1.41. The van der Waals surface area contributed by atoms with Crippen molar-refractivity contribution in [1.29, 1.82) is 0 Å². The lowest BCUT2D eigenvalue weighted by Crippen LogP contribution is -2.41. The quantitative estimate of drug-likeness (QED) is 0.552. The van der Waals surface area contributed by atoms with Gasteiger partial charge in [0.2, 0.25) is 0 Å². The maximum Gasteiger partial charge on any atom is 0.264 e. The Morgan fingerprint density at radius 1 is 1.18 bits per heavy atom. The summed E-state index contributed by atoms with van der Waals surface area (Å²) in [5.41, 5.74) is 2.19. The van der Waals surface area contributed by atoms with Crippen LogP contribution in [-0.4, -0.2) is 38.6 Å². The lowest BCUT2D eigenvalue weighted by Gasteiger charge is -2.30. The van der Waals surface area contributed by atoms with Crippen LogP contribution in [0.5, 0.6) is 11.5 Å². The maximum atomic E-state index is 13.1. The second kappa shape index (κ2) is 10.6. The average molecular weight is 481 g/mol. The summed E-state index contributed by atoms with van der Waals surface area (Å²) in [5.74, 6) is 1.61. The standard InChI is InChI=1S/C27H32N2O4S/c1-5-33-22-12-10-18(14-23(22)32-4)15-25-27(31)29(3)21-16-19(11-13-24(21)34-25)26(30)28-20-9-7-6-8-17(20)2/h10-17,20H,5-9H2,1-4H3,(H,28,30). The summed E-state index contributed by atoms with van der Waals surface area (Å²) in [4.78, 5) is 29.2. The molecule has 1 N–H and O–H groups in total. The smallest absolute Gasteiger partial charge is 0.264 e. The monoisotopic (exact) mass is 480 g/mol. The minimum atomic E-state index is -0.108. The van der Waals surface area contributed by atoms with Crippen molar-refractivity contribution in [3.8, 4) is 11.5 Å². The molecule has 4 rings (SSSR count). The number of nitrogens with one attached hydrogen (secondary N) is 1. The first-order valence-electron chi connectivity index (χ1n) is 11.8. The van der Waals surface area contributed by atoms with E-state index in [2.05, 4.69) is 12.2 Å². The molecule has 2 atom stereocenters. The van der Waals surface area contributed by atoms with Crippen molar-refractivity contribution in [2.24, 2.45) is 5.92 Å². The van der Waals surface area contributed by atoms with Crippen LogP contribution in [-0.2, 0) is 4.79 Å². The normalized spacial score (nSPS) is 21.2. The Labute approximate surface area is 205 Å². The number of methoxy groups -OCH3 is 1. The molecule has 1 aliphatic heterocycles. The second-order valence-electron chi connectivity index (χ2n) is 8.84. The summed E-state index contributed by atoms with van der Waals surface area (Å²) in [6.07, 6.45) is 6.42. The molecule has 7 heteroatoms. The van der Waals surface area contributed by atoms with Gasteiger partial charge in [-0.15, -0.1) is 0 Å². The molecule has 0 radical (unpaired) electrons. The fourth-order valence-electron chi connectivity index (χ4n) is 4.52. The van der Waals surface area contributed by atoms with E-state index < -0.39 is 0 Å². The van der Waals surface area contributed by atoms with Crippen molar-refractivity contribution < 1.29 is 19.1 Å². The number of carbonyl (C=O) groups is 2. The molecule has 34 heavy (non-hydrogen) atoms. The number of likely N-dealkylation sites (N-methyl/N-ethyl adjacent to an activating group) is 1. The Bertz CT molecular complexity index is 1110. The van der Waals surface area contributed by atoms with E-state index >= 15 is 0 Å². The van der Waals surface area contributed by atoms with Crippen LogP contribution in [0.2, 0.25) is 0 Å². The molecule has 0 bridgehead atoms. The van der Waals surface area contributed by atoms with Gasteiger partial charge in [0, 0.05) is 23.5 Å². The first kappa shape index (κ1) is 24.2. The van der Waals surface area contributed by atoms with Gasteiger partial charge in [-0.2, -0.15) is 0 Å². The number of anilines is 1. The molecule has 2 amide bonds. The summed E-state index contributed by atoms with van der Waals surface area (Å²) in [6.45, 7) is 4.67. The van der Waals surface area contributed by atoms with Gasteiger partial charge in [-0.25, -0.2) is 0 Å². The highest BCUT2D eigenvalue weighted by Gasteiger charge is 2.28. The number of rotatable bonds is 6. The van der Waals surface area contributed by atoms with Gasteiger partial charge in [0.15, 0.2) is 11.5 Å². The zero-order valence-electron chi connectivity index (χ0n) is 20.2. The van der Waals surface area contributed by atoms with E-state index in [-0.39, 0.29) is 17.9 Å². The van der Waals surface area contributed by atoms with E-state index in [0.29, 0.717) is 34.5 Å². The fourth-order valence-corrected chi connectivity index (χ4v) is 5.61. The summed E-state index contributed by atoms with van der Waals surface area (Å²) in [7, 11) is 3.35. The molecular formula is C27H32N2O4S. The number of fused-ring (bicyclic) bond motifs is 1. The molecule has 2 aromatic carbocycles. The molecule has 0 spiro atoms. The molecule has 1 saturated carbocycles. The van der Waals surface area contributed by atoms with Gasteiger partial charge in [0.25, 0.3) is 11.8 Å². The second-order valence-corrected chi connectivity index (χ2v) is 9.93. The number of hydrogen-bond acceptors (Lipinski definition) is 5. The van der Waals surface area contributed by atoms with E-state index in [4.69, 9.17) is 9.47 Å². The van der Waals surface area contributed by atoms with Gasteiger partial charge in [-0.3, -0.25) is 9.59 Å². The largest absolute Gasteiger partial charge is 0.493 e. The highest BCUT2D eigenvalue weighted by Crippen LogP contribution is 2.42. The summed E-state index contributed by atoms with van der Waals surface area (Å²) in [6, 6.07) is 11.4. The topological polar surface area (TPSA) is 67.9 Å². The van der Waals surface area contributed by atoms with E-state index in [1.807, 2.05) is 49.4 Å². The van der Waals surface area contributed by atoms with Crippen LogP contribution >= 0.6 is 11.8 Å². The minimum absolute atomic E-state index is 0.0739. The molecule has 1 fully saturated rings. The molecular weight excluding hydrogens is 448 g/mol.